The molecule has 1 aromatic carbocycles. The summed E-state index contributed by atoms with van der Waals surface area (Å²) >= 11 is 0. The highest BCUT2D eigenvalue weighted by atomic mass is 16.3. The van der Waals surface area contributed by atoms with E-state index in [1.165, 1.54) is 0 Å². The second-order valence-corrected chi connectivity index (χ2v) is 5.08. The Hall–Kier alpha value is -3.01. The molecule has 0 aliphatic carbocycles. The fraction of sp³-hybridized carbons (Fsp3) is 0.0556. The number of para-hydroxylation sites is 1. The second-order valence-electron chi connectivity index (χ2n) is 5.08. The maximum atomic E-state index is 5.96. The molecule has 0 atom stereocenters. The van der Waals surface area contributed by atoms with E-state index in [1.54, 1.807) is 6.20 Å². The molecule has 0 spiro atoms. The van der Waals surface area contributed by atoms with Gasteiger partial charge in [0.25, 0.3) is 0 Å². The topological polar surface area (TPSA) is 53.9 Å². The van der Waals surface area contributed by atoms with E-state index in [0.717, 1.165) is 33.8 Å². The van der Waals surface area contributed by atoms with Gasteiger partial charge in [-0.05, 0) is 36.4 Å². The molecule has 0 saturated heterocycles. The predicted molar refractivity (Wildman–Crippen MR) is 87.6 cm³/mol. The third-order valence-corrected chi connectivity index (χ3v) is 3.63. The molecule has 0 bridgehead atoms. The Morgan fingerprint density at radius 2 is 1.91 bits per heavy atom. The molecule has 0 radical (unpaired) electrons. The van der Waals surface area contributed by atoms with Crippen LogP contribution in [0.25, 0.3) is 22.4 Å². The fourth-order valence-electron chi connectivity index (χ4n) is 2.54. The molecule has 22 heavy (non-hydrogen) atoms. The molecule has 0 fully saturated rings. The van der Waals surface area contributed by atoms with Crippen molar-refractivity contribution in [3.8, 4) is 11.3 Å². The van der Waals surface area contributed by atoms with Crippen LogP contribution in [-0.4, -0.2) is 9.97 Å². The highest BCUT2D eigenvalue weighted by Crippen LogP contribution is 2.28. The summed E-state index contributed by atoms with van der Waals surface area (Å²) in [5.74, 6) is 1.76. The monoisotopic (exact) mass is 289 g/mol. The molecule has 4 aromatic rings. The molecule has 0 amide bonds. The first-order valence-corrected chi connectivity index (χ1v) is 7.20. The van der Waals surface area contributed by atoms with Crippen molar-refractivity contribution in [3.63, 3.8) is 0 Å². The Bertz CT molecular complexity index is 893. The fourth-order valence-corrected chi connectivity index (χ4v) is 2.54. The van der Waals surface area contributed by atoms with Crippen molar-refractivity contribution in [1.82, 2.24) is 9.97 Å². The van der Waals surface area contributed by atoms with E-state index in [2.05, 4.69) is 15.3 Å². The second kappa shape index (κ2) is 5.41. The van der Waals surface area contributed by atoms with Crippen molar-refractivity contribution >= 4 is 16.7 Å². The van der Waals surface area contributed by atoms with Crippen LogP contribution < -0.4 is 5.32 Å². The van der Waals surface area contributed by atoms with E-state index >= 15 is 0 Å². The minimum atomic E-state index is 0.658. The van der Waals surface area contributed by atoms with E-state index in [1.807, 2.05) is 60.8 Å². The normalized spacial score (nSPS) is 10.9. The Morgan fingerprint density at radius 1 is 1.00 bits per heavy atom. The number of benzene rings is 1. The smallest absolute Gasteiger partial charge is 0.137 e. The zero-order valence-corrected chi connectivity index (χ0v) is 11.9. The van der Waals surface area contributed by atoms with Crippen molar-refractivity contribution < 1.29 is 4.42 Å². The lowest BCUT2D eigenvalue weighted by atomic mass is 10.1. The molecule has 2 N–H and O–H groups in total. The van der Waals surface area contributed by atoms with Crippen molar-refractivity contribution in [2.24, 2.45) is 0 Å². The molecule has 0 aliphatic rings. The Morgan fingerprint density at radius 3 is 2.82 bits per heavy atom. The lowest BCUT2D eigenvalue weighted by Gasteiger charge is -2.03. The lowest BCUT2D eigenvalue weighted by Crippen LogP contribution is -1.97. The quantitative estimate of drug-likeness (QED) is 0.584. The lowest BCUT2D eigenvalue weighted by molar-refractivity contribution is 0.532. The minimum absolute atomic E-state index is 0.658. The number of hydrogen-bond acceptors (Lipinski definition) is 3. The molecule has 4 nitrogen and oxygen atoms in total. The first kappa shape index (κ1) is 12.7. The number of anilines is 1. The molecular weight excluding hydrogens is 274 g/mol. The number of aromatic amines is 1. The number of furan rings is 1. The zero-order valence-electron chi connectivity index (χ0n) is 11.9. The van der Waals surface area contributed by atoms with Crippen molar-refractivity contribution in [1.29, 1.82) is 0 Å². The summed E-state index contributed by atoms with van der Waals surface area (Å²) in [6.45, 7) is 0.658. The summed E-state index contributed by atoms with van der Waals surface area (Å²) in [6.07, 6.45) is 3.68. The van der Waals surface area contributed by atoms with Gasteiger partial charge in [-0.2, -0.15) is 0 Å². The van der Waals surface area contributed by atoms with Gasteiger partial charge in [0.15, 0.2) is 0 Å². The Labute approximate surface area is 127 Å². The van der Waals surface area contributed by atoms with Crippen LogP contribution in [0.4, 0.5) is 5.69 Å². The van der Waals surface area contributed by atoms with Crippen LogP contribution in [0.2, 0.25) is 0 Å². The molecule has 0 unspecified atom stereocenters. The summed E-state index contributed by atoms with van der Waals surface area (Å²) < 4.78 is 5.96. The van der Waals surface area contributed by atoms with Crippen LogP contribution in [0, 0.1) is 0 Å². The van der Waals surface area contributed by atoms with Gasteiger partial charge in [0, 0.05) is 29.0 Å². The third kappa shape index (κ3) is 2.35. The molecular formula is C18H15N3O. The van der Waals surface area contributed by atoms with Gasteiger partial charge in [-0.3, -0.25) is 0 Å². The molecule has 0 saturated carbocycles. The van der Waals surface area contributed by atoms with E-state index in [9.17, 15) is 0 Å². The largest absolute Gasteiger partial charge is 0.459 e. The standard InChI is InChI=1S/C18H15N3O/c1-2-4-13(5-3-1)21-12-14-6-7-17(22-14)15-8-10-19-18-16(15)9-11-20-18/h1-11,21H,12H2,(H,19,20). The molecule has 4 heteroatoms. The van der Waals surface area contributed by atoms with E-state index in [4.69, 9.17) is 4.42 Å². The van der Waals surface area contributed by atoms with Crippen molar-refractivity contribution in [3.05, 3.63) is 72.8 Å². The van der Waals surface area contributed by atoms with Gasteiger partial charge >= 0.3 is 0 Å². The van der Waals surface area contributed by atoms with Crippen LogP contribution >= 0.6 is 0 Å². The number of nitrogens with one attached hydrogen (secondary N) is 2. The number of H-pyrrole nitrogens is 1. The predicted octanol–water partition coefficient (Wildman–Crippen LogP) is 4.44. The van der Waals surface area contributed by atoms with Gasteiger partial charge in [0.1, 0.15) is 17.2 Å². The Kier molecular flexibility index (Phi) is 3.12. The van der Waals surface area contributed by atoms with Crippen LogP contribution in [0.3, 0.4) is 0 Å². The molecule has 4 rings (SSSR count). The third-order valence-electron chi connectivity index (χ3n) is 3.63. The zero-order chi connectivity index (χ0) is 14.8. The number of pyridine rings is 1. The maximum absolute atomic E-state index is 5.96. The van der Waals surface area contributed by atoms with Gasteiger partial charge in [0.05, 0.1) is 6.54 Å². The average Bonchev–Trinajstić information content (AvgIpc) is 3.22. The van der Waals surface area contributed by atoms with Crippen LogP contribution in [0.15, 0.2) is 71.4 Å². The van der Waals surface area contributed by atoms with E-state index in [0.29, 0.717) is 6.54 Å². The minimum Gasteiger partial charge on any atom is -0.459 e. The SMILES string of the molecule is c1ccc(NCc2ccc(-c3ccnc4[nH]ccc34)o2)cc1. The van der Waals surface area contributed by atoms with Gasteiger partial charge in [-0.1, -0.05) is 18.2 Å². The van der Waals surface area contributed by atoms with Gasteiger partial charge in [-0.25, -0.2) is 4.98 Å². The van der Waals surface area contributed by atoms with Gasteiger partial charge in [0.2, 0.25) is 0 Å². The van der Waals surface area contributed by atoms with Gasteiger partial charge < -0.3 is 14.7 Å². The number of fused-ring (bicyclic) bond motifs is 1. The van der Waals surface area contributed by atoms with Crippen LogP contribution in [0.5, 0.6) is 0 Å². The summed E-state index contributed by atoms with van der Waals surface area (Å²) in [4.78, 5) is 7.42. The molecule has 3 aromatic heterocycles. The molecule has 0 aliphatic heterocycles. The number of aromatic nitrogens is 2. The number of rotatable bonds is 4. The highest BCUT2D eigenvalue weighted by Gasteiger charge is 2.09. The highest BCUT2D eigenvalue weighted by molar-refractivity contribution is 5.91. The average molecular weight is 289 g/mol. The number of hydrogen-bond donors (Lipinski definition) is 2. The summed E-state index contributed by atoms with van der Waals surface area (Å²) in [5, 5.41) is 4.41. The maximum Gasteiger partial charge on any atom is 0.137 e. The van der Waals surface area contributed by atoms with E-state index in [-0.39, 0.29) is 0 Å². The van der Waals surface area contributed by atoms with Crippen LogP contribution in [0.1, 0.15) is 5.76 Å². The number of nitrogens with zero attached hydrogens (tertiary/aromatic N) is 1. The van der Waals surface area contributed by atoms with Crippen molar-refractivity contribution in [2.75, 3.05) is 5.32 Å². The summed E-state index contributed by atoms with van der Waals surface area (Å²) in [6, 6.07) is 18.1. The van der Waals surface area contributed by atoms with E-state index < -0.39 is 0 Å². The first-order chi connectivity index (χ1) is 10.9. The molecule has 108 valence electrons. The summed E-state index contributed by atoms with van der Waals surface area (Å²) in [7, 11) is 0. The van der Waals surface area contributed by atoms with Crippen LogP contribution in [-0.2, 0) is 6.54 Å². The van der Waals surface area contributed by atoms with Gasteiger partial charge in [-0.15, -0.1) is 0 Å². The molecule has 3 heterocycles. The summed E-state index contributed by atoms with van der Waals surface area (Å²) in [5.41, 5.74) is 3.01. The first-order valence-electron chi connectivity index (χ1n) is 7.20. The Balaban J connectivity index is 1.58. The van der Waals surface area contributed by atoms with Crippen molar-refractivity contribution in [2.45, 2.75) is 6.54 Å².